The van der Waals surface area contributed by atoms with Gasteiger partial charge in [0, 0.05) is 38.3 Å². The smallest absolute Gasteiger partial charge is 0.276 e. The van der Waals surface area contributed by atoms with E-state index in [9.17, 15) is 4.79 Å². The highest BCUT2D eigenvalue weighted by molar-refractivity contribution is 5.92. The Morgan fingerprint density at radius 3 is 2.48 bits per heavy atom. The van der Waals surface area contributed by atoms with E-state index in [1.165, 1.54) is 0 Å². The average molecular weight is 290 g/mol. The molecule has 0 bridgehead atoms. The zero-order chi connectivity index (χ0) is 14.8. The Morgan fingerprint density at radius 1 is 1.14 bits per heavy atom. The van der Waals surface area contributed by atoms with Crippen LogP contribution in [0.5, 0.6) is 0 Å². The first-order valence-corrected chi connectivity index (χ1v) is 6.99. The van der Waals surface area contributed by atoms with Crippen LogP contribution in [0.25, 0.3) is 0 Å². The maximum absolute atomic E-state index is 12.2. The molecule has 0 unspecified atom stereocenters. The molecule has 1 aliphatic heterocycles. The van der Waals surface area contributed by atoms with Crippen LogP contribution in [0.4, 0.5) is 0 Å². The number of aryl methyl sites for hydroxylation is 2. The molecule has 2 aromatic heterocycles. The third kappa shape index (κ3) is 3.13. The number of carbonyl (C=O) groups excluding carboxylic acids is 1. The van der Waals surface area contributed by atoms with Gasteiger partial charge in [0.05, 0.1) is 12.2 Å². The molecule has 0 spiro atoms. The molecule has 0 aliphatic carbocycles. The van der Waals surface area contributed by atoms with Crippen LogP contribution in [0.1, 0.15) is 27.7 Å². The number of piperazine rings is 1. The minimum atomic E-state index is -0.0676. The fourth-order valence-electron chi connectivity index (χ4n) is 2.45. The number of hydrogen-bond acceptors (Lipinski definition) is 6. The van der Waals surface area contributed by atoms with Gasteiger partial charge in [0.15, 0.2) is 11.5 Å². The normalized spacial score (nSPS) is 16.4. The number of aromatic nitrogens is 2. The van der Waals surface area contributed by atoms with Gasteiger partial charge in [-0.2, -0.15) is 0 Å². The van der Waals surface area contributed by atoms with Crippen LogP contribution in [-0.2, 0) is 6.54 Å². The third-order valence-corrected chi connectivity index (χ3v) is 3.56. The second-order valence-corrected chi connectivity index (χ2v) is 5.33. The minimum absolute atomic E-state index is 0.0676. The van der Waals surface area contributed by atoms with Crippen LogP contribution >= 0.6 is 0 Å². The van der Waals surface area contributed by atoms with Gasteiger partial charge in [0.2, 0.25) is 0 Å². The highest BCUT2D eigenvalue weighted by Crippen LogP contribution is 2.12. The van der Waals surface area contributed by atoms with E-state index in [0.29, 0.717) is 24.5 Å². The SMILES string of the molecule is Cc1cc(CN2CCN(C(=O)c3cc(C)on3)CC2)on1. The number of rotatable bonds is 3. The fraction of sp³-hybridized carbons (Fsp3) is 0.500. The van der Waals surface area contributed by atoms with E-state index in [1.807, 2.05) is 13.0 Å². The lowest BCUT2D eigenvalue weighted by atomic mass is 10.2. The van der Waals surface area contributed by atoms with Crippen LogP contribution in [0.3, 0.4) is 0 Å². The van der Waals surface area contributed by atoms with Crippen molar-refractivity contribution >= 4 is 5.91 Å². The molecule has 21 heavy (non-hydrogen) atoms. The van der Waals surface area contributed by atoms with Crippen molar-refractivity contribution < 1.29 is 13.8 Å². The Kier molecular flexibility index (Phi) is 3.74. The van der Waals surface area contributed by atoms with Crippen molar-refractivity contribution in [1.82, 2.24) is 20.1 Å². The molecule has 112 valence electrons. The Bertz CT molecular complexity index is 626. The maximum atomic E-state index is 12.2. The molecule has 1 amide bonds. The molecule has 3 heterocycles. The number of amides is 1. The van der Waals surface area contributed by atoms with Crippen LogP contribution in [0.15, 0.2) is 21.2 Å². The Hall–Kier alpha value is -2.15. The summed E-state index contributed by atoms with van der Waals surface area (Å²) in [4.78, 5) is 16.3. The molecular formula is C14H18N4O3. The fourth-order valence-corrected chi connectivity index (χ4v) is 2.45. The summed E-state index contributed by atoms with van der Waals surface area (Å²) in [6.45, 7) is 7.39. The predicted molar refractivity (Wildman–Crippen MR) is 73.7 cm³/mol. The van der Waals surface area contributed by atoms with Gasteiger partial charge in [-0.25, -0.2) is 0 Å². The largest absolute Gasteiger partial charge is 0.361 e. The second kappa shape index (κ2) is 5.69. The van der Waals surface area contributed by atoms with Crippen molar-refractivity contribution in [2.24, 2.45) is 0 Å². The van der Waals surface area contributed by atoms with Crippen molar-refractivity contribution in [3.63, 3.8) is 0 Å². The standard InChI is InChI=1S/C14H18N4O3/c1-10-7-12(21-15-10)9-17-3-5-18(6-4-17)14(19)13-8-11(2)20-16-13/h7-8H,3-6,9H2,1-2H3. The van der Waals surface area contributed by atoms with E-state index >= 15 is 0 Å². The Morgan fingerprint density at radius 2 is 1.90 bits per heavy atom. The lowest BCUT2D eigenvalue weighted by Crippen LogP contribution is -2.48. The molecule has 1 fully saturated rings. The maximum Gasteiger partial charge on any atom is 0.276 e. The van der Waals surface area contributed by atoms with Gasteiger partial charge in [0.25, 0.3) is 5.91 Å². The Labute approximate surface area is 122 Å². The molecule has 3 rings (SSSR count). The molecule has 0 radical (unpaired) electrons. The first-order chi connectivity index (χ1) is 10.1. The van der Waals surface area contributed by atoms with E-state index in [-0.39, 0.29) is 5.91 Å². The van der Waals surface area contributed by atoms with E-state index in [0.717, 1.165) is 31.1 Å². The van der Waals surface area contributed by atoms with Crippen LogP contribution in [0, 0.1) is 13.8 Å². The van der Waals surface area contributed by atoms with Crippen molar-refractivity contribution in [2.45, 2.75) is 20.4 Å². The average Bonchev–Trinajstić information content (AvgIpc) is 3.08. The molecule has 2 aromatic rings. The molecule has 0 aromatic carbocycles. The minimum Gasteiger partial charge on any atom is -0.361 e. The third-order valence-electron chi connectivity index (χ3n) is 3.56. The highest BCUT2D eigenvalue weighted by atomic mass is 16.5. The van der Waals surface area contributed by atoms with Gasteiger partial charge >= 0.3 is 0 Å². The summed E-state index contributed by atoms with van der Waals surface area (Å²) < 4.78 is 10.2. The van der Waals surface area contributed by atoms with Crippen molar-refractivity contribution in [2.75, 3.05) is 26.2 Å². The van der Waals surface area contributed by atoms with Gasteiger partial charge in [-0.1, -0.05) is 10.3 Å². The summed E-state index contributed by atoms with van der Waals surface area (Å²) in [6.07, 6.45) is 0. The van der Waals surface area contributed by atoms with Gasteiger partial charge in [-0.05, 0) is 13.8 Å². The lowest BCUT2D eigenvalue weighted by Gasteiger charge is -2.33. The zero-order valence-electron chi connectivity index (χ0n) is 12.2. The van der Waals surface area contributed by atoms with Crippen LogP contribution in [0.2, 0.25) is 0 Å². The number of carbonyl (C=O) groups is 1. The van der Waals surface area contributed by atoms with Gasteiger partial charge in [0.1, 0.15) is 5.76 Å². The van der Waals surface area contributed by atoms with Crippen LogP contribution in [-0.4, -0.2) is 52.2 Å². The van der Waals surface area contributed by atoms with Gasteiger partial charge in [-0.15, -0.1) is 0 Å². The summed E-state index contributed by atoms with van der Waals surface area (Å²) >= 11 is 0. The molecular weight excluding hydrogens is 272 g/mol. The summed E-state index contributed by atoms with van der Waals surface area (Å²) in [5.41, 5.74) is 1.27. The molecule has 7 nitrogen and oxygen atoms in total. The number of hydrogen-bond donors (Lipinski definition) is 0. The highest BCUT2D eigenvalue weighted by Gasteiger charge is 2.24. The Balaban J connectivity index is 1.54. The number of nitrogens with zero attached hydrogens (tertiary/aromatic N) is 4. The van der Waals surface area contributed by atoms with E-state index < -0.39 is 0 Å². The predicted octanol–water partition coefficient (Wildman–Crippen LogP) is 1.24. The van der Waals surface area contributed by atoms with Crippen molar-refractivity contribution in [1.29, 1.82) is 0 Å². The van der Waals surface area contributed by atoms with Crippen molar-refractivity contribution in [3.05, 3.63) is 35.0 Å². The first-order valence-electron chi connectivity index (χ1n) is 6.99. The summed E-state index contributed by atoms with van der Waals surface area (Å²) in [7, 11) is 0. The molecule has 7 heteroatoms. The van der Waals surface area contributed by atoms with Crippen molar-refractivity contribution in [3.8, 4) is 0 Å². The summed E-state index contributed by atoms with van der Waals surface area (Å²) in [5.74, 6) is 1.44. The lowest BCUT2D eigenvalue weighted by molar-refractivity contribution is 0.0607. The van der Waals surface area contributed by atoms with E-state index in [1.54, 1.807) is 17.9 Å². The second-order valence-electron chi connectivity index (χ2n) is 5.33. The summed E-state index contributed by atoms with van der Waals surface area (Å²) in [6, 6.07) is 3.61. The van der Waals surface area contributed by atoms with E-state index in [4.69, 9.17) is 9.05 Å². The zero-order valence-corrected chi connectivity index (χ0v) is 12.2. The topological polar surface area (TPSA) is 75.6 Å². The van der Waals surface area contributed by atoms with Gasteiger partial charge in [-0.3, -0.25) is 9.69 Å². The summed E-state index contributed by atoms with van der Waals surface area (Å²) in [5, 5.41) is 7.66. The van der Waals surface area contributed by atoms with Gasteiger partial charge < -0.3 is 13.9 Å². The first kappa shape index (κ1) is 13.8. The van der Waals surface area contributed by atoms with E-state index in [2.05, 4.69) is 15.2 Å². The molecule has 0 atom stereocenters. The quantitative estimate of drug-likeness (QED) is 0.846. The monoisotopic (exact) mass is 290 g/mol. The van der Waals surface area contributed by atoms with Crippen LogP contribution < -0.4 is 0 Å². The molecule has 1 saturated heterocycles. The molecule has 1 aliphatic rings. The molecule has 0 saturated carbocycles. The molecule has 0 N–H and O–H groups in total.